The number of halogens is 1. The molecule has 4 nitrogen and oxygen atoms in total. The molecule has 1 saturated heterocycles. The SMILES string of the molecule is C[C@@H]1CCC[C@H](C)N1C(=O)[C@@H](C)OC(=O)c1sc2ccccc2c1Cl. The highest BCUT2D eigenvalue weighted by Gasteiger charge is 2.33. The van der Waals surface area contributed by atoms with E-state index in [-0.39, 0.29) is 18.0 Å². The summed E-state index contributed by atoms with van der Waals surface area (Å²) in [6.07, 6.45) is 2.27. The highest BCUT2D eigenvalue weighted by molar-refractivity contribution is 7.21. The summed E-state index contributed by atoms with van der Waals surface area (Å²) in [5.74, 6) is -0.672. The molecule has 3 rings (SSSR count). The van der Waals surface area contributed by atoms with Gasteiger partial charge < -0.3 is 9.64 Å². The normalized spacial score (nSPS) is 22.0. The Labute approximate surface area is 156 Å². The van der Waals surface area contributed by atoms with Crippen molar-refractivity contribution >= 4 is 44.9 Å². The molecule has 1 fully saturated rings. The predicted molar refractivity (Wildman–Crippen MR) is 101 cm³/mol. The number of benzene rings is 1. The number of fused-ring (bicyclic) bond motifs is 1. The van der Waals surface area contributed by atoms with E-state index in [4.69, 9.17) is 16.3 Å². The molecule has 0 aliphatic carbocycles. The monoisotopic (exact) mass is 379 g/mol. The molecule has 1 aliphatic rings. The van der Waals surface area contributed by atoms with E-state index in [1.807, 2.05) is 43.0 Å². The average molecular weight is 380 g/mol. The van der Waals surface area contributed by atoms with Gasteiger partial charge >= 0.3 is 5.97 Å². The lowest BCUT2D eigenvalue weighted by Crippen LogP contribution is -2.51. The number of likely N-dealkylation sites (tertiary alicyclic amines) is 1. The lowest BCUT2D eigenvalue weighted by atomic mass is 9.97. The molecule has 1 amide bonds. The summed E-state index contributed by atoms with van der Waals surface area (Å²) in [5, 5.41) is 1.23. The highest BCUT2D eigenvalue weighted by atomic mass is 35.5. The molecule has 0 saturated carbocycles. The number of carbonyl (C=O) groups excluding carboxylic acids is 2. The van der Waals surface area contributed by atoms with E-state index in [1.165, 1.54) is 11.3 Å². The zero-order valence-electron chi connectivity index (χ0n) is 14.6. The number of nitrogens with zero attached hydrogens (tertiary/aromatic N) is 1. The van der Waals surface area contributed by atoms with E-state index in [0.29, 0.717) is 9.90 Å². The quantitative estimate of drug-likeness (QED) is 0.713. The first-order valence-electron chi connectivity index (χ1n) is 8.60. The Kier molecular flexibility index (Phi) is 5.35. The van der Waals surface area contributed by atoms with Crippen molar-refractivity contribution in [3.8, 4) is 0 Å². The third kappa shape index (κ3) is 3.53. The maximum atomic E-state index is 12.8. The minimum absolute atomic E-state index is 0.134. The molecule has 0 radical (unpaired) electrons. The van der Waals surface area contributed by atoms with Gasteiger partial charge in [0.15, 0.2) is 6.10 Å². The smallest absolute Gasteiger partial charge is 0.350 e. The van der Waals surface area contributed by atoms with Gasteiger partial charge in [-0.15, -0.1) is 11.3 Å². The van der Waals surface area contributed by atoms with Crippen LogP contribution in [0.1, 0.15) is 49.7 Å². The third-order valence-electron chi connectivity index (χ3n) is 4.80. The number of rotatable bonds is 3. The van der Waals surface area contributed by atoms with Crippen molar-refractivity contribution in [2.24, 2.45) is 0 Å². The van der Waals surface area contributed by atoms with Gasteiger partial charge in [-0.05, 0) is 46.1 Å². The first-order valence-corrected chi connectivity index (χ1v) is 9.79. The van der Waals surface area contributed by atoms with E-state index in [9.17, 15) is 9.59 Å². The van der Waals surface area contributed by atoms with Gasteiger partial charge in [0.1, 0.15) is 4.88 Å². The lowest BCUT2D eigenvalue weighted by Gasteiger charge is -2.40. The molecule has 2 heterocycles. The van der Waals surface area contributed by atoms with Crippen molar-refractivity contribution in [3.05, 3.63) is 34.2 Å². The van der Waals surface area contributed by atoms with Crippen molar-refractivity contribution in [1.82, 2.24) is 4.90 Å². The van der Waals surface area contributed by atoms with Gasteiger partial charge in [0.2, 0.25) is 0 Å². The Hall–Kier alpha value is -1.59. The first kappa shape index (κ1) is 18.2. The van der Waals surface area contributed by atoms with Crippen LogP contribution in [0, 0.1) is 0 Å². The fourth-order valence-corrected chi connectivity index (χ4v) is 4.87. The molecule has 0 spiro atoms. The van der Waals surface area contributed by atoms with Gasteiger partial charge in [-0.3, -0.25) is 4.79 Å². The molecule has 0 N–H and O–H groups in total. The number of ether oxygens (including phenoxy) is 1. The lowest BCUT2D eigenvalue weighted by molar-refractivity contribution is -0.146. The van der Waals surface area contributed by atoms with Crippen molar-refractivity contribution in [2.75, 3.05) is 0 Å². The summed E-state index contributed by atoms with van der Waals surface area (Å²) in [6.45, 7) is 5.73. The maximum Gasteiger partial charge on any atom is 0.350 e. The number of carbonyl (C=O) groups is 2. The van der Waals surface area contributed by atoms with E-state index in [1.54, 1.807) is 6.92 Å². The van der Waals surface area contributed by atoms with E-state index in [0.717, 1.165) is 29.3 Å². The summed E-state index contributed by atoms with van der Waals surface area (Å²) < 4.78 is 6.38. The summed E-state index contributed by atoms with van der Waals surface area (Å²) >= 11 is 7.62. The molecule has 3 atom stereocenters. The van der Waals surface area contributed by atoms with Crippen molar-refractivity contribution < 1.29 is 14.3 Å². The number of amides is 1. The Morgan fingerprint density at radius 2 is 1.88 bits per heavy atom. The van der Waals surface area contributed by atoms with E-state index < -0.39 is 12.1 Å². The fourth-order valence-electron chi connectivity index (χ4n) is 3.48. The van der Waals surface area contributed by atoms with Crippen LogP contribution in [0.4, 0.5) is 0 Å². The van der Waals surface area contributed by atoms with Gasteiger partial charge in [-0.1, -0.05) is 29.8 Å². The highest BCUT2D eigenvalue weighted by Crippen LogP contribution is 2.35. The number of thiophene rings is 1. The van der Waals surface area contributed by atoms with Gasteiger partial charge in [0.05, 0.1) is 5.02 Å². The van der Waals surface area contributed by atoms with Crippen LogP contribution in [0.25, 0.3) is 10.1 Å². The minimum atomic E-state index is -0.822. The summed E-state index contributed by atoms with van der Waals surface area (Å²) in [7, 11) is 0. The van der Waals surface area contributed by atoms with Crippen LogP contribution in [-0.2, 0) is 9.53 Å². The zero-order chi connectivity index (χ0) is 18.1. The van der Waals surface area contributed by atoms with E-state index in [2.05, 4.69) is 0 Å². The number of hydrogen-bond acceptors (Lipinski definition) is 4. The van der Waals surface area contributed by atoms with Crippen LogP contribution < -0.4 is 0 Å². The molecule has 1 aliphatic heterocycles. The minimum Gasteiger partial charge on any atom is -0.448 e. The first-order chi connectivity index (χ1) is 11.9. The number of esters is 1. The molecule has 134 valence electrons. The van der Waals surface area contributed by atoms with Crippen LogP contribution in [0.15, 0.2) is 24.3 Å². The van der Waals surface area contributed by atoms with Gasteiger partial charge in [-0.25, -0.2) is 4.79 Å². The number of hydrogen-bond donors (Lipinski definition) is 0. The Bertz CT molecular complexity index is 793. The fraction of sp³-hybridized carbons (Fsp3) is 0.474. The number of piperidine rings is 1. The average Bonchev–Trinajstić information content (AvgIpc) is 2.92. The van der Waals surface area contributed by atoms with Gasteiger partial charge in [0.25, 0.3) is 5.91 Å². The zero-order valence-corrected chi connectivity index (χ0v) is 16.2. The summed E-state index contributed by atoms with van der Waals surface area (Å²) in [5.41, 5.74) is 0. The van der Waals surface area contributed by atoms with Crippen LogP contribution in [-0.4, -0.2) is 35.0 Å². The molecular formula is C19H22ClNO3S. The molecule has 25 heavy (non-hydrogen) atoms. The molecule has 1 aromatic heterocycles. The second kappa shape index (κ2) is 7.34. The van der Waals surface area contributed by atoms with E-state index >= 15 is 0 Å². The summed E-state index contributed by atoms with van der Waals surface area (Å²) in [4.78, 5) is 27.5. The van der Waals surface area contributed by atoms with Crippen molar-refractivity contribution in [3.63, 3.8) is 0 Å². The Morgan fingerprint density at radius 3 is 2.52 bits per heavy atom. The Morgan fingerprint density at radius 1 is 1.24 bits per heavy atom. The molecule has 0 unspecified atom stereocenters. The molecule has 0 bridgehead atoms. The largest absolute Gasteiger partial charge is 0.448 e. The molecular weight excluding hydrogens is 358 g/mol. The molecule has 1 aromatic carbocycles. The van der Waals surface area contributed by atoms with Gasteiger partial charge in [0, 0.05) is 22.2 Å². The van der Waals surface area contributed by atoms with Crippen molar-refractivity contribution in [1.29, 1.82) is 0 Å². The van der Waals surface area contributed by atoms with Crippen LogP contribution >= 0.6 is 22.9 Å². The van der Waals surface area contributed by atoms with Crippen LogP contribution in [0.3, 0.4) is 0 Å². The molecule has 2 aromatic rings. The molecule has 6 heteroatoms. The Balaban J connectivity index is 1.75. The van der Waals surface area contributed by atoms with Crippen molar-refractivity contribution in [2.45, 2.75) is 58.2 Å². The standard InChI is InChI=1S/C19H22ClNO3S/c1-11-7-6-8-12(2)21(11)18(22)13(3)24-19(23)17-16(20)14-9-4-5-10-15(14)25-17/h4-5,9-13H,6-8H2,1-3H3/t11-,12+,13-/m1/s1. The summed E-state index contributed by atoms with van der Waals surface area (Å²) in [6, 6.07) is 7.90. The van der Waals surface area contributed by atoms with Crippen LogP contribution in [0.5, 0.6) is 0 Å². The second-order valence-corrected chi connectivity index (χ2v) is 8.09. The predicted octanol–water partition coefficient (Wildman–Crippen LogP) is 4.89. The van der Waals surface area contributed by atoms with Gasteiger partial charge in [-0.2, -0.15) is 0 Å². The van der Waals surface area contributed by atoms with Crippen LogP contribution in [0.2, 0.25) is 5.02 Å². The topological polar surface area (TPSA) is 46.6 Å². The third-order valence-corrected chi connectivity index (χ3v) is 6.46. The maximum absolute atomic E-state index is 12.8. The second-order valence-electron chi connectivity index (χ2n) is 6.66.